The van der Waals surface area contributed by atoms with E-state index in [1.54, 1.807) is 26.8 Å². The van der Waals surface area contributed by atoms with Crippen molar-refractivity contribution < 1.29 is 28.7 Å². The van der Waals surface area contributed by atoms with E-state index >= 15 is 0 Å². The molecule has 1 amide bonds. The molecule has 3 rings (SSSR count). The Hall–Kier alpha value is -2.74. The maximum Gasteiger partial charge on any atom is 0.334 e. The van der Waals surface area contributed by atoms with Crippen LogP contribution in [0.15, 0.2) is 18.2 Å². The summed E-state index contributed by atoms with van der Waals surface area (Å²) in [5.74, 6) is -1.40. The van der Waals surface area contributed by atoms with Gasteiger partial charge in [-0.2, -0.15) is 0 Å². The van der Waals surface area contributed by atoms with Gasteiger partial charge in [-0.25, -0.2) is 4.79 Å². The summed E-state index contributed by atoms with van der Waals surface area (Å²) >= 11 is 0. The third-order valence-corrected chi connectivity index (χ3v) is 8.75. The van der Waals surface area contributed by atoms with Crippen LogP contribution in [-0.4, -0.2) is 41.3 Å². The number of hydrogen-bond acceptors (Lipinski definition) is 7. The lowest BCUT2D eigenvalue weighted by Gasteiger charge is -2.47. The van der Waals surface area contributed by atoms with Gasteiger partial charge in [0.15, 0.2) is 0 Å². The number of amides is 1. The molecule has 2 aliphatic carbocycles. The highest BCUT2D eigenvalue weighted by Gasteiger charge is 2.44. The van der Waals surface area contributed by atoms with Crippen molar-refractivity contribution in [3.05, 3.63) is 29.3 Å². The quantitative estimate of drug-likeness (QED) is 0.294. The number of rotatable bonds is 10. The molecule has 1 aromatic rings. The molecular formula is C33H50N2O6. The second-order valence-corrected chi connectivity index (χ2v) is 13.7. The number of Topliss-reactive ketones (excluding diaryl/α,β-unsaturated/α-hetero) is 1. The van der Waals surface area contributed by atoms with E-state index in [0.29, 0.717) is 11.7 Å². The number of nitrogens with two attached hydrogens (primary N) is 1. The minimum Gasteiger partial charge on any atom is -0.460 e. The summed E-state index contributed by atoms with van der Waals surface area (Å²) < 4.78 is 11.3. The van der Waals surface area contributed by atoms with E-state index in [2.05, 4.69) is 12.2 Å². The molecule has 228 valence electrons. The Morgan fingerprint density at radius 2 is 1.80 bits per heavy atom. The van der Waals surface area contributed by atoms with Crippen molar-refractivity contribution in [3.63, 3.8) is 0 Å². The fourth-order valence-corrected chi connectivity index (χ4v) is 6.40. The Balaban J connectivity index is 1.70. The first-order valence-corrected chi connectivity index (χ1v) is 15.2. The summed E-state index contributed by atoms with van der Waals surface area (Å²) in [6.07, 6.45) is 6.70. The second-order valence-electron chi connectivity index (χ2n) is 13.7. The van der Waals surface area contributed by atoms with E-state index in [4.69, 9.17) is 15.2 Å². The van der Waals surface area contributed by atoms with Gasteiger partial charge in [-0.15, -0.1) is 0 Å². The molecule has 2 bridgehead atoms. The van der Waals surface area contributed by atoms with Crippen LogP contribution in [0.1, 0.15) is 111 Å². The summed E-state index contributed by atoms with van der Waals surface area (Å²) in [7, 11) is 0. The summed E-state index contributed by atoms with van der Waals surface area (Å²) in [4.78, 5) is 50.7. The van der Waals surface area contributed by atoms with Gasteiger partial charge in [0.05, 0.1) is 5.92 Å². The molecule has 8 heteroatoms. The molecular weight excluding hydrogens is 520 g/mol. The van der Waals surface area contributed by atoms with Gasteiger partial charge in [0.2, 0.25) is 5.91 Å². The Labute approximate surface area is 245 Å². The fraction of sp³-hybridized carbons (Fsp3) is 0.697. The number of benzene rings is 1. The van der Waals surface area contributed by atoms with Crippen LogP contribution in [0, 0.1) is 17.8 Å². The molecule has 1 aromatic carbocycles. The van der Waals surface area contributed by atoms with Crippen molar-refractivity contribution in [3.8, 4) is 5.75 Å². The van der Waals surface area contributed by atoms with Crippen LogP contribution in [0.3, 0.4) is 0 Å². The highest BCUT2D eigenvalue weighted by Crippen LogP contribution is 2.46. The maximum absolute atomic E-state index is 13.2. The van der Waals surface area contributed by atoms with Crippen LogP contribution in [0.2, 0.25) is 0 Å². The summed E-state index contributed by atoms with van der Waals surface area (Å²) in [6.45, 7) is 12.7. The largest absolute Gasteiger partial charge is 0.460 e. The predicted molar refractivity (Wildman–Crippen MR) is 158 cm³/mol. The molecule has 2 aliphatic rings. The van der Waals surface area contributed by atoms with E-state index in [9.17, 15) is 19.2 Å². The van der Waals surface area contributed by atoms with Crippen LogP contribution >= 0.6 is 0 Å². The molecule has 1 fully saturated rings. The number of esters is 2. The summed E-state index contributed by atoms with van der Waals surface area (Å²) in [5.41, 5.74) is 8.37. The molecule has 0 unspecified atom stereocenters. The molecule has 1 saturated carbocycles. The summed E-state index contributed by atoms with van der Waals surface area (Å²) in [6, 6.07) is 4.84. The van der Waals surface area contributed by atoms with Gasteiger partial charge in [-0.05, 0) is 81.5 Å². The van der Waals surface area contributed by atoms with E-state index in [1.807, 2.05) is 26.0 Å². The molecule has 0 aliphatic heterocycles. The van der Waals surface area contributed by atoms with E-state index in [-0.39, 0.29) is 42.4 Å². The first-order valence-electron chi connectivity index (χ1n) is 15.2. The maximum atomic E-state index is 13.2. The molecule has 0 spiro atoms. The van der Waals surface area contributed by atoms with Crippen LogP contribution in [0.4, 0.5) is 0 Å². The number of nitrogens with one attached hydrogen (secondary N) is 1. The minimum atomic E-state index is -0.991. The number of ether oxygens (including phenoxy) is 2. The van der Waals surface area contributed by atoms with Crippen molar-refractivity contribution in [1.82, 2.24) is 5.32 Å². The average Bonchev–Trinajstić information content (AvgIpc) is 2.86. The van der Waals surface area contributed by atoms with Crippen molar-refractivity contribution >= 4 is 23.6 Å². The van der Waals surface area contributed by atoms with Crippen LogP contribution in [0.5, 0.6) is 5.75 Å². The van der Waals surface area contributed by atoms with Gasteiger partial charge in [-0.3, -0.25) is 14.4 Å². The molecule has 0 heterocycles. The molecule has 41 heavy (non-hydrogen) atoms. The van der Waals surface area contributed by atoms with Gasteiger partial charge >= 0.3 is 11.9 Å². The third kappa shape index (κ3) is 8.63. The lowest BCUT2D eigenvalue weighted by atomic mass is 9.60. The SMILES string of the molecule is CC(=O)N[C@@H](CCC(=O)C[C@H](C(=O)OC(C)(C)C)C(C)C)C(=O)Oc1ccc2c(c1)[C@@]1(C)CCCCC[C@@H](C2)[C@@H]1N. The molecule has 3 N–H and O–H groups in total. The topological polar surface area (TPSA) is 125 Å². The van der Waals surface area contributed by atoms with Crippen LogP contribution in [0.25, 0.3) is 0 Å². The fourth-order valence-electron chi connectivity index (χ4n) is 6.40. The van der Waals surface area contributed by atoms with Crippen LogP contribution < -0.4 is 15.8 Å². The number of carbonyl (C=O) groups excluding carboxylic acids is 4. The Bertz CT molecular complexity index is 1120. The number of fused-ring (bicyclic) bond motifs is 4. The molecule has 0 saturated heterocycles. The van der Waals surface area contributed by atoms with Gasteiger partial charge < -0.3 is 20.5 Å². The van der Waals surface area contributed by atoms with Gasteiger partial charge in [0.1, 0.15) is 23.2 Å². The molecule has 8 nitrogen and oxygen atoms in total. The zero-order valence-corrected chi connectivity index (χ0v) is 26.0. The van der Waals surface area contributed by atoms with Crippen molar-refractivity contribution in [2.45, 2.75) is 129 Å². The van der Waals surface area contributed by atoms with Gasteiger partial charge in [0.25, 0.3) is 0 Å². The average molecular weight is 571 g/mol. The van der Waals surface area contributed by atoms with Gasteiger partial charge in [-0.1, -0.05) is 46.1 Å². The van der Waals surface area contributed by atoms with Gasteiger partial charge in [0, 0.05) is 31.2 Å². The predicted octanol–water partition coefficient (Wildman–Crippen LogP) is 5.17. The second kappa shape index (κ2) is 13.5. The smallest absolute Gasteiger partial charge is 0.334 e. The number of hydrogen-bond donors (Lipinski definition) is 2. The summed E-state index contributed by atoms with van der Waals surface area (Å²) in [5, 5.41) is 2.63. The van der Waals surface area contributed by atoms with Crippen molar-refractivity contribution in [2.24, 2.45) is 23.5 Å². The molecule has 0 radical (unpaired) electrons. The highest BCUT2D eigenvalue weighted by molar-refractivity contribution is 5.87. The Kier molecular flexibility index (Phi) is 10.8. The zero-order valence-electron chi connectivity index (χ0n) is 26.0. The van der Waals surface area contributed by atoms with Crippen molar-refractivity contribution in [2.75, 3.05) is 0 Å². The number of ketones is 1. The van der Waals surface area contributed by atoms with E-state index < -0.39 is 35.4 Å². The Morgan fingerprint density at radius 3 is 2.44 bits per heavy atom. The first-order chi connectivity index (χ1) is 19.1. The number of carbonyl (C=O) groups is 4. The van der Waals surface area contributed by atoms with Crippen LogP contribution in [-0.2, 0) is 35.8 Å². The minimum absolute atomic E-state index is 0.0130. The lowest BCUT2D eigenvalue weighted by molar-refractivity contribution is -0.163. The third-order valence-electron chi connectivity index (χ3n) is 8.75. The normalized spacial score (nSPS) is 23.8. The zero-order chi connectivity index (χ0) is 30.5. The van der Waals surface area contributed by atoms with E-state index in [0.717, 1.165) is 31.2 Å². The first kappa shape index (κ1) is 32.8. The standard InChI is InChI=1S/C33H50N2O6/c1-20(2)26(30(38)41-32(4,5)6)18-24(37)13-15-28(35-21(3)36)31(39)40-25-14-12-22-17-23-11-9-8-10-16-33(7,29(23)34)27(22)19-25/h12,14,19-20,23,26,28-29H,8-11,13,15-18,34H2,1-7H3,(H,35,36)/t23-,26-,28-,29-,33+/m0/s1. The van der Waals surface area contributed by atoms with Crippen molar-refractivity contribution in [1.29, 1.82) is 0 Å². The monoisotopic (exact) mass is 570 g/mol. The van der Waals surface area contributed by atoms with E-state index in [1.165, 1.54) is 25.3 Å². The molecule has 5 atom stereocenters. The molecule has 0 aromatic heterocycles. The highest BCUT2D eigenvalue weighted by atomic mass is 16.6. The lowest BCUT2D eigenvalue weighted by Crippen LogP contribution is -2.52. The Morgan fingerprint density at radius 1 is 1.10 bits per heavy atom.